The molecule has 0 saturated heterocycles. The van der Waals surface area contributed by atoms with Crippen molar-refractivity contribution < 1.29 is 8.42 Å². The summed E-state index contributed by atoms with van der Waals surface area (Å²) in [5.74, 6) is 0. The van der Waals surface area contributed by atoms with E-state index in [2.05, 4.69) is 4.72 Å². The summed E-state index contributed by atoms with van der Waals surface area (Å²) in [7, 11) is -0.823. The van der Waals surface area contributed by atoms with Gasteiger partial charge in [0.05, 0.1) is 21.1 Å². The minimum absolute atomic E-state index is 0.0851. The Balaban J connectivity index is 2.12. The van der Waals surface area contributed by atoms with Crippen LogP contribution in [0.4, 0.5) is 5.69 Å². The molecule has 2 heterocycles. The van der Waals surface area contributed by atoms with E-state index in [9.17, 15) is 18.0 Å². The second-order valence-electron chi connectivity index (χ2n) is 5.10. The van der Waals surface area contributed by atoms with Crippen molar-refractivity contribution in [3.63, 3.8) is 0 Å². The van der Waals surface area contributed by atoms with Crippen molar-refractivity contribution in [2.75, 3.05) is 4.72 Å². The third kappa shape index (κ3) is 2.74. The van der Waals surface area contributed by atoms with Gasteiger partial charge in [0.25, 0.3) is 10.0 Å². The molecule has 0 radical (unpaired) electrons. The van der Waals surface area contributed by atoms with Gasteiger partial charge in [-0.1, -0.05) is 11.6 Å². The van der Waals surface area contributed by atoms with Crippen molar-refractivity contribution in [3.8, 4) is 0 Å². The van der Waals surface area contributed by atoms with Gasteiger partial charge in [-0.3, -0.25) is 14.3 Å². The van der Waals surface area contributed by atoms with Gasteiger partial charge in [-0.2, -0.15) is 0 Å². The Kier molecular flexibility index (Phi) is 4.02. The zero-order chi connectivity index (χ0) is 17.6. The summed E-state index contributed by atoms with van der Waals surface area (Å²) in [4.78, 5) is 23.7. The fraction of sp³-hybridized carbons (Fsp3) is 0.143. The Hall–Kier alpha value is -2.10. The largest absolute Gasteiger partial charge is 0.316 e. The Bertz CT molecular complexity index is 1170. The van der Waals surface area contributed by atoms with Gasteiger partial charge in [0.1, 0.15) is 4.21 Å². The molecule has 0 unspecified atom stereocenters. The molecule has 0 amide bonds. The van der Waals surface area contributed by atoms with E-state index in [1.807, 2.05) is 0 Å². The summed E-state index contributed by atoms with van der Waals surface area (Å²) in [6.07, 6.45) is 0. The van der Waals surface area contributed by atoms with Gasteiger partial charge in [-0.05, 0) is 30.3 Å². The zero-order valence-corrected chi connectivity index (χ0v) is 15.0. The van der Waals surface area contributed by atoms with Crippen molar-refractivity contribution in [1.82, 2.24) is 9.13 Å². The highest BCUT2D eigenvalue weighted by Gasteiger charge is 2.17. The Labute approximate surface area is 145 Å². The molecule has 0 spiro atoms. The summed E-state index contributed by atoms with van der Waals surface area (Å²) in [5, 5.41) is 0. The molecule has 0 bridgehead atoms. The second-order valence-corrected chi connectivity index (χ2v) is 8.72. The van der Waals surface area contributed by atoms with Crippen LogP contribution in [0.2, 0.25) is 4.34 Å². The average Bonchev–Trinajstić information content (AvgIpc) is 2.98. The molecule has 24 heavy (non-hydrogen) atoms. The van der Waals surface area contributed by atoms with Crippen LogP contribution >= 0.6 is 22.9 Å². The minimum Gasteiger partial charge on any atom is -0.305 e. The molecule has 3 aromatic rings. The van der Waals surface area contributed by atoms with Crippen molar-refractivity contribution in [2.24, 2.45) is 14.1 Å². The summed E-state index contributed by atoms with van der Waals surface area (Å²) >= 11 is 6.72. The fourth-order valence-corrected chi connectivity index (χ4v) is 4.82. The van der Waals surface area contributed by atoms with Crippen LogP contribution in [0.1, 0.15) is 0 Å². The van der Waals surface area contributed by atoms with E-state index in [4.69, 9.17) is 11.6 Å². The fourth-order valence-electron chi connectivity index (χ4n) is 2.29. The quantitative estimate of drug-likeness (QED) is 0.695. The molecular weight excluding hydrogens is 374 g/mol. The van der Waals surface area contributed by atoms with E-state index in [1.54, 1.807) is 6.07 Å². The lowest BCUT2D eigenvalue weighted by Gasteiger charge is -2.11. The maximum Gasteiger partial charge on any atom is 0.316 e. The lowest BCUT2D eigenvalue weighted by molar-refractivity contribution is 0.603. The maximum absolute atomic E-state index is 12.3. The number of anilines is 1. The topological polar surface area (TPSA) is 90.2 Å². The van der Waals surface area contributed by atoms with Crippen molar-refractivity contribution in [1.29, 1.82) is 0 Å². The second kappa shape index (κ2) is 5.76. The summed E-state index contributed by atoms with van der Waals surface area (Å²) in [5.41, 5.74) is -0.0991. The number of hydrogen-bond donors (Lipinski definition) is 1. The number of fused-ring (bicyclic) bond motifs is 1. The number of sulfonamides is 1. The van der Waals surface area contributed by atoms with Crippen LogP contribution < -0.4 is 15.8 Å². The molecule has 2 aromatic heterocycles. The number of rotatable bonds is 3. The molecular formula is C14H12ClN3O4S2. The Morgan fingerprint density at radius 1 is 1.00 bits per heavy atom. The van der Waals surface area contributed by atoms with Crippen LogP contribution in [0, 0.1) is 0 Å². The van der Waals surface area contributed by atoms with Crippen LogP contribution in [-0.2, 0) is 24.1 Å². The van der Waals surface area contributed by atoms with Gasteiger partial charge in [-0.15, -0.1) is 11.3 Å². The van der Waals surface area contributed by atoms with E-state index in [0.29, 0.717) is 15.4 Å². The van der Waals surface area contributed by atoms with Crippen LogP contribution in [0.15, 0.2) is 44.1 Å². The summed E-state index contributed by atoms with van der Waals surface area (Å²) < 4.78 is 30.0. The monoisotopic (exact) mass is 385 g/mol. The smallest absolute Gasteiger partial charge is 0.305 e. The lowest BCUT2D eigenvalue weighted by Crippen LogP contribution is -2.39. The summed E-state index contributed by atoms with van der Waals surface area (Å²) in [6, 6.07) is 7.52. The molecule has 126 valence electrons. The molecule has 3 rings (SSSR count). The predicted molar refractivity (Wildman–Crippen MR) is 94.6 cm³/mol. The summed E-state index contributed by atoms with van der Waals surface area (Å²) in [6.45, 7) is 0. The van der Waals surface area contributed by atoms with E-state index in [0.717, 1.165) is 11.3 Å². The first-order valence-electron chi connectivity index (χ1n) is 6.68. The van der Waals surface area contributed by atoms with Crippen LogP contribution in [0.5, 0.6) is 0 Å². The third-order valence-corrected chi connectivity index (χ3v) is 6.66. The number of aryl methyl sites for hydroxylation is 2. The Morgan fingerprint density at radius 3 is 2.21 bits per heavy atom. The van der Waals surface area contributed by atoms with Gasteiger partial charge < -0.3 is 9.13 Å². The van der Waals surface area contributed by atoms with Gasteiger partial charge in [0.2, 0.25) is 0 Å². The van der Waals surface area contributed by atoms with Crippen LogP contribution in [-0.4, -0.2) is 17.6 Å². The normalized spacial score (nSPS) is 11.8. The number of nitrogens with one attached hydrogen (secondary N) is 1. The highest BCUT2D eigenvalue weighted by Crippen LogP contribution is 2.27. The minimum atomic E-state index is -3.77. The molecule has 0 fully saturated rings. The van der Waals surface area contributed by atoms with E-state index >= 15 is 0 Å². The number of thiophene rings is 1. The lowest BCUT2D eigenvalue weighted by atomic mass is 10.2. The molecule has 0 atom stereocenters. The average molecular weight is 386 g/mol. The van der Waals surface area contributed by atoms with E-state index in [1.165, 1.54) is 47.5 Å². The van der Waals surface area contributed by atoms with Crippen LogP contribution in [0.25, 0.3) is 11.0 Å². The molecule has 0 saturated carbocycles. The molecule has 0 aliphatic heterocycles. The molecule has 1 N–H and O–H groups in total. The highest BCUT2D eigenvalue weighted by molar-refractivity contribution is 7.94. The number of nitrogens with zero attached hydrogens (tertiary/aromatic N) is 2. The number of hydrogen-bond acceptors (Lipinski definition) is 5. The van der Waals surface area contributed by atoms with E-state index in [-0.39, 0.29) is 9.90 Å². The van der Waals surface area contributed by atoms with Crippen molar-refractivity contribution in [3.05, 3.63) is 55.4 Å². The number of benzene rings is 1. The van der Waals surface area contributed by atoms with Crippen molar-refractivity contribution in [2.45, 2.75) is 4.21 Å². The van der Waals surface area contributed by atoms with Crippen molar-refractivity contribution >= 4 is 49.7 Å². The standard InChI is InChI=1S/C14H12ClN3O4S2/c1-17-9-4-3-8(7-10(9)18(2)14(20)13(17)19)16-24(21,22)12-6-5-11(15)23-12/h3-7,16H,1-2H3. The molecule has 0 aliphatic carbocycles. The SMILES string of the molecule is Cn1c(=O)c(=O)n(C)c2cc(NS(=O)(=O)c3ccc(Cl)s3)ccc21. The van der Waals surface area contributed by atoms with Crippen LogP contribution in [0.3, 0.4) is 0 Å². The highest BCUT2D eigenvalue weighted by atomic mass is 35.5. The van der Waals surface area contributed by atoms with Gasteiger partial charge in [0.15, 0.2) is 0 Å². The van der Waals surface area contributed by atoms with Gasteiger partial charge in [-0.25, -0.2) is 8.42 Å². The van der Waals surface area contributed by atoms with Gasteiger partial charge in [0, 0.05) is 14.1 Å². The first-order valence-corrected chi connectivity index (χ1v) is 9.36. The number of halogens is 1. The Morgan fingerprint density at radius 2 is 1.62 bits per heavy atom. The third-order valence-electron chi connectivity index (χ3n) is 3.56. The molecule has 10 heteroatoms. The zero-order valence-electron chi connectivity index (χ0n) is 12.6. The predicted octanol–water partition coefficient (Wildman–Crippen LogP) is 1.75. The first kappa shape index (κ1) is 16.7. The van der Waals surface area contributed by atoms with E-state index < -0.39 is 21.1 Å². The molecule has 0 aliphatic rings. The molecule has 7 nitrogen and oxygen atoms in total. The maximum atomic E-state index is 12.3. The first-order chi connectivity index (χ1) is 11.2. The number of aromatic nitrogens is 2. The van der Waals surface area contributed by atoms with Gasteiger partial charge >= 0.3 is 11.1 Å². The molecule has 1 aromatic carbocycles.